The number of carbonyl (C=O) groups is 1. The zero-order valence-corrected chi connectivity index (χ0v) is 12.6. The molecule has 1 aromatic rings. The largest absolute Gasteiger partial charge is 0.324 e. The maximum Gasteiger partial charge on any atom is 0.224 e. The summed E-state index contributed by atoms with van der Waals surface area (Å²) in [5, 5.41) is 2.65. The van der Waals surface area contributed by atoms with E-state index in [0.717, 1.165) is 24.3 Å². The third-order valence-corrected chi connectivity index (χ3v) is 4.44. The quantitative estimate of drug-likeness (QED) is 0.844. The lowest BCUT2D eigenvalue weighted by Crippen LogP contribution is -2.20. The first-order chi connectivity index (χ1) is 10.2. The van der Waals surface area contributed by atoms with Gasteiger partial charge in [0.2, 0.25) is 5.91 Å². The second-order valence-corrected chi connectivity index (χ2v) is 6.23. The monoisotopic (exact) mass is 306 g/mol. The molecule has 2 rings (SSSR count). The average Bonchev–Trinajstić information content (AvgIpc) is 2.48. The van der Waals surface area contributed by atoms with Gasteiger partial charge in [0.05, 0.1) is 12.2 Å². The van der Waals surface area contributed by atoms with Crippen LogP contribution in [0.4, 0.5) is 10.1 Å². The van der Waals surface area contributed by atoms with E-state index in [9.17, 15) is 9.18 Å². The molecule has 0 atom stereocenters. The SMILES string of the molecule is NCC#Cc1ccc(NC(=O)CC2CCSCC2)c(F)c1. The Morgan fingerprint density at radius 2 is 2.19 bits per heavy atom. The molecule has 1 saturated heterocycles. The zero-order valence-electron chi connectivity index (χ0n) is 11.8. The maximum atomic E-state index is 13.9. The van der Waals surface area contributed by atoms with Crippen LogP contribution in [0.3, 0.4) is 0 Å². The molecular weight excluding hydrogens is 287 g/mol. The smallest absolute Gasteiger partial charge is 0.224 e. The number of nitrogens with one attached hydrogen (secondary N) is 1. The molecule has 0 aliphatic carbocycles. The number of halogens is 1. The number of anilines is 1. The third kappa shape index (κ3) is 5.07. The molecule has 5 heteroatoms. The molecule has 1 aliphatic heterocycles. The number of thioether (sulfide) groups is 1. The molecule has 1 aliphatic rings. The number of nitrogens with two attached hydrogens (primary N) is 1. The first-order valence-corrected chi connectivity index (χ1v) is 8.20. The molecular formula is C16H19FN2OS. The first kappa shape index (κ1) is 15.9. The second-order valence-electron chi connectivity index (χ2n) is 5.01. The fraction of sp³-hybridized carbons (Fsp3) is 0.438. The lowest BCUT2D eigenvalue weighted by atomic mass is 9.98. The van der Waals surface area contributed by atoms with Crippen LogP contribution < -0.4 is 11.1 Å². The summed E-state index contributed by atoms with van der Waals surface area (Å²) in [6.07, 6.45) is 2.59. The van der Waals surface area contributed by atoms with E-state index in [2.05, 4.69) is 17.2 Å². The Balaban J connectivity index is 1.94. The van der Waals surface area contributed by atoms with Gasteiger partial charge in [0.15, 0.2) is 0 Å². The predicted molar refractivity (Wildman–Crippen MR) is 85.6 cm³/mol. The normalized spacial score (nSPS) is 15.1. The van der Waals surface area contributed by atoms with Crippen LogP contribution in [-0.4, -0.2) is 24.0 Å². The van der Waals surface area contributed by atoms with Crippen LogP contribution in [0.5, 0.6) is 0 Å². The lowest BCUT2D eigenvalue weighted by Gasteiger charge is -2.20. The van der Waals surface area contributed by atoms with Crippen LogP contribution >= 0.6 is 11.8 Å². The standard InChI is InChI=1S/C16H19FN2OS/c17-14-10-12(2-1-7-18)3-4-15(14)19-16(20)11-13-5-8-21-9-6-13/h3-4,10,13H,5-9,11,18H2,(H,19,20). The summed E-state index contributed by atoms with van der Waals surface area (Å²) in [5.41, 5.74) is 6.04. The van der Waals surface area contributed by atoms with Gasteiger partial charge in [-0.3, -0.25) is 4.79 Å². The minimum Gasteiger partial charge on any atom is -0.324 e. The Morgan fingerprint density at radius 3 is 2.86 bits per heavy atom. The number of hydrogen-bond acceptors (Lipinski definition) is 3. The van der Waals surface area contributed by atoms with Crippen LogP contribution in [0.25, 0.3) is 0 Å². The molecule has 21 heavy (non-hydrogen) atoms. The maximum absolute atomic E-state index is 13.9. The topological polar surface area (TPSA) is 55.1 Å². The summed E-state index contributed by atoms with van der Waals surface area (Å²) < 4.78 is 13.9. The molecule has 0 spiro atoms. The van der Waals surface area contributed by atoms with Crippen molar-refractivity contribution in [1.29, 1.82) is 0 Å². The fourth-order valence-electron chi connectivity index (χ4n) is 2.26. The van der Waals surface area contributed by atoms with Gasteiger partial charge in [-0.2, -0.15) is 11.8 Å². The zero-order chi connectivity index (χ0) is 15.1. The summed E-state index contributed by atoms with van der Waals surface area (Å²) in [6.45, 7) is 0.236. The highest BCUT2D eigenvalue weighted by atomic mass is 32.2. The van der Waals surface area contributed by atoms with Crippen molar-refractivity contribution < 1.29 is 9.18 Å². The van der Waals surface area contributed by atoms with E-state index in [4.69, 9.17) is 5.73 Å². The van der Waals surface area contributed by atoms with Gasteiger partial charge in [0.1, 0.15) is 5.82 Å². The Hall–Kier alpha value is -1.51. The van der Waals surface area contributed by atoms with E-state index in [1.807, 2.05) is 11.8 Å². The van der Waals surface area contributed by atoms with Gasteiger partial charge in [0.25, 0.3) is 0 Å². The molecule has 1 amide bonds. The van der Waals surface area contributed by atoms with Gasteiger partial charge >= 0.3 is 0 Å². The van der Waals surface area contributed by atoms with Crippen molar-refractivity contribution in [1.82, 2.24) is 0 Å². The van der Waals surface area contributed by atoms with Crippen molar-refractivity contribution in [3.63, 3.8) is 0 Å². The number of hydrogen-bond donors (Lipinski definition) is 2. The average molecular weight is 306 g/mol. The van der Waals surface area contributed by atoms with Gasteiger partial charge in [-0.05, 0) is 48.5 Å². The summed E-state index contributed by atoms with van der Waals surface area (Å²) in [5.74, 6) is 7.49. The Morgan fingerprint density at radius 1 is 1.43 bits per heavy atom. The molecule has 0 unspecified atom stereocenters. The van der Waals surface area contributed by atoms with Crippen LogP contribution in [0, 0.1) is 23.6 Å². The van der Waals surface area contributed by atoms with Gasteiger partial charge in [0, 0.05) is 12.0 Å². The van der Waals surface area contributed by atoms with E-state index in [0.29, 0.717) is 17.9 Å². The van der Waals surface area contributed by atoms with Gasteiger partial charge in [-0.25, -0.2) is 4.39 Å². The Labute approximate surface area is 128 Å². The van der Waals surface area contributed by atoms with Crippen molar-refractivity contribution in [3.05, 3.63) is 29.6 Å². The molecule has 0 radical (unpaired) electrons. The van der Waals surface area contributed by atoms with Gasteiger partial charge < -0.3 is 11.1 Å². The predicted octanol–water partition coefficient (Wildman–Crippen LogP) is 2.61. The van der Waals surface area contributed by atoms with E-state index in [1.165, 1.54) is 6.07 Å². The van der Waals surface area contributed by atoms with Crippen LogP contribution in [0.1, 0.15) is 24.8 Å². The highest BCUT2D eigenvalue weighted by Gasteiger charge is 2.18. The molecule has 0 saturated carbocycles. The van der Waals surface area contributed by atoms with Crippen molar-refractivity contribution >= 4 is 23.4 Å². The van der Waals surface area contributed by atoms with Crippen LogP contribution in [0.15, 0.2) is 18.2 Å². The van der Waals surface area contributed by atoms with E-state index in [1.54, 1.807) is 12.1 Å². The molecule has 112 valence electrons. The number of rotatable bonds is 3. The van der Waals surface area contributed by atoms with Crippen LogP contribution in [0.2, 0.25) is 0 Å². The number of carbonyl (C=O) groups excluding carboxylic acids is 1. The molecule has 3 nitrogen and oxygen atoms in total. The van der Waals surface area contributed by atoms with Crippen molar-refractivity contribution in [3.8, 4) is 11.8 Å². The fourth-order valence-corrected chi connectivity index (χ4v) is 3.47. The lowest BCUT2D eigenvalue weighted by molar-refractivity contribution is -0.117. The van der Waals surface area contributed by atoms with Crippen molar-refractivity contribution in [2.75, 3.05) is 23.4 Å². The minimum absolute atomic E-state index is 0.119. The first-order valence-electron chi connectivity index (χ1n) is 7.05. The Bertz CT molecular complexity index is 559. The summed E-state index contributed by atoms with van der Waals surface area (Å²) in [4.78, 5) is 12.0. The number of amides is 1. The minimum atomic E-state index is -0.466. The van der Waals surface area contributed by atoms with E-state index >= 15 is 0 Å². The van der Waals surface area contributed by atoms with Crippen molar-refractivity contribution in [2.24, 2.45) is 11.7 Å². The molecule has 0 bridgehead atoms. The highest BCUT2D eigenvalue weighted by Crippen LogP contribution is 2.26. The van der Waals surface area contributed by atoms with Crippen LogP contribution in [-0.2, 0) is 4.79 Å². The third-order valence-electron chi connectivity index (χ3n) is 3.39. The van der Waals surface area contributed by atoms with Crippen molar-refractivity contribution in [2.45, 2.75) is 19.3 Å². The summed E-state index contributed by atoms with van der Waals surface area (Å²) in [6, 6.07) is 4.54. The molecule has 1 aromatic carbocycles. The summed E-state index contributed by atoms with van der Waals surface area (Å²) in [7, 11) is 0. The van der Waals surface area contributed by atoms with E-state index < -0.39 is 5.82 Å². The van der Waals surface area contributed by atoms with Gasteiger partial charge in [-0.15, -0.1) is 0 Å². The van der Waals surface area contributed by atoms with E-state index in [-0.39, 0.29) is 18.1 Å². The molecule has 3 N–H and O–H groups in total. The second kappa shape index (κ2) is 8.06. The highest BCUT2D eigenvalue weighted by molar-refractivity contribution is 7.99. The Kier molecular flexibility index (Phi) is 6.09. The van der Waals surface area contributed by atoms with Gasteiger partial charge in [-0.1, -0.05) is 11.8 Å². The number of benzene rings is 1. The molecule has 0 aromatic heterocycles. The molecule has 1 fully saturated rings. The summed E-state index contributed by atoms with van der Waals surface area (Å²) >= 11 is 1.93. The molecule has 1 heterocycles.